The van der Waals surface area contributed by atoms with Gasteiger partial charge in [0, 0.05) is 29.1 Å². The normalized spacial score (nSPS) is 15.6. The highest BCUT2D eigenvalue weighted by Crippen LogP contribution is 2.30. The molecule has 0 unspecified atom stereocenters. The van der Waals surface area contributed by atoms with Gasteiger partial charge in [0.2, 0.25) is 0 Å². The standard InChI is InChI=1S/C19H20N4O2S/c1-12-9-10-23(22-12)15-7-5-13(6-8-15)18(24)20-21-19(25)17-11-14-3-2-4-16(14)26-17/h5-8,11H,2-4,9-10H2,1H3,(H,20,24)(H,21,25). The van der Waals surface area contributed by atoms with Crippen molar-refractivity contribution in [2.24, 2.45) is 5.10 Å². The predicted molar refractivity (Wildman–Crippen MR) is 103 cm³/mol. The summed E-state index contributed by atoms with van der Waals surface area (Å²) in [7, 11) is 0. The van der Waals surface area contributed by atoms with Crippen molar-refractivity contribution in [3.05, 3.63) is 51.2 Å². The molecule has 6 nitrogen and oxygen atoms in total. The molecule has 26 heavy (non-hydrogen) atoms. The first kappa shape index (κ1) is 16.8. The van der Waals surface area contributed by atoms with Gasteiger partial charge in [0.1, 0.15) is 0 Å². The lowest BCUT2D eigenvalue weighted by Crippen LogP contribution is -2.41. The maximum atomic E-state index is 12.2. The van der Waals surface area contributed by atoms with Crippen molar-refractivity contribution < 1.29 is 9.59 Å². The minimum Gasteiger partial charge on any atom is -0.267 e. The molecule has 2 aliphatic rings. The summed E-state index contributed by atoms with van der Waals surface area (Å²) >= 11 is 1.51. The summed E-state index contributed by atoms with van der Waals surface area (Å²) < 4.78 is 0. The molecule has 0 fully saturated rings. The molecule has 0 saturated heterocycles. The van der Waals surface area contributed by atoms with Crippen LogP contribution in [0.2, 0.25) is 0 Å². The molecule has 0 radical (unpaired) electrons. The van der Waals surface area contributed by atoms with E-state index in [1.54, 1.807) is 12.1 Å². The highest BCUT2D eigenvalue weighted by atomic mass is 32.1. The molecule has 0 bridgehead atoms. The molecule has 2 N–H and O–H groups in total. The van der Waals surface area contributed by atoms with E-state index in [0.29, 0.717) is 10.4 Å². The summed E-state index contributed by atoms with van der Waals surface area (Å²) in [4.78, 5) is 26.4. The lowest BCUT2D eigenvalue weighted by molar-refractivity contribution is 0.0849. The molecule has 2 heterocycles. The van der Waals surface area contributed by atoms with Gasteiger partial charge in [-0.3, -0.25) is 25.4 Å². The zero-order valence-electron chi connectivity index (χ0n) is 14.5. The van der Waals surface area contributed by atoms with Gasteiger partial charge in [-0.15, -0.1) is 11.3 Å². The molecule has 1 aliphatic carbocycles. The van der Waals surface area contributed by atoms with Gasteiger partial charge in [-0.05, 0) is 62.1 Å². The molecule has 7 heteroatoms. The van der Waals surface area contributed by atoms with Gasteiger partial charge >= 0.3 is 0 Å². The number of amides is 2. The largest absolute Gasteiger partial charge is 0.279 e. The highest BCUT2D eigenvalue weighted by molar-refractivity contribution is 7.14. The maximum Gasteiger partial charge on any atom is 0.279 e. The second kappa shape index (κ2) is 6.92. The second-order valence-corrected chi connectivity index (χ2v) is 7.71. The number of benzene rings is 1. The molecule has 1 aromatic carbocycles. The molecule has 134 valence electrons. The van der Waals surface area contributed by atoms with E-state index in [9.17, 15) is 9.59 Å². The van der Waals surface area contributed by atoms with Crippen LogP contribution in [0.25, 0.3) is 0 Å². The van der Waals surface area contributed by atoms with E-state index in [4.69, 9.17) is 0 Å². The van der Waals surface area contributed by atoms with Crippen LogP contribution in [0.15, 0.2) is 35.4 Å². The van der Waals surface area contributed by atoms with Crippen LogP contribution in [-0.4, -0.2) is 24.1 Å². The third-order valence-corrected chi connectivity index (χ3v) is 5.90. The Morgan fingerprint density at radius 1 is 1.08 bits per heavy atom. The van der Waals surface area contributed by atoms with Crippen molar-refractivity contribution in [1.29, 1.82) is 0 Å². The van der Waals surface area contributed by atoms with Crippen molar-refractivity contribution in [1.82, 2.24) is 10.9 Å². The predicted octanol–water partition coefficient (Wildman–Crippen LogP) is 2.90. The zero-order chi connectivity index (χ0) is 18.1. The average Bonchev–Trinajstić information content (AvgIpc) is 3.35. The van der Waals surface area contributed by atoms with Gasteiger partial charge in [0.05, 0.1) is 10.6 Å². The number of carbonyl (C=O) groups is 2. The van der Waals surface area contributed by atoms with Crippen molar-refractivity contribution in [3.8, 4) is 0 Å². The van der Waals surface area contributed by atoms with Crippen LogP contribution >= 0.6 is 11.3 Å². The maximum absolute atomic E-state index is 12.2. The molecule has 2 amide bonds. The van der Waals surface area contributed by atoms with Crippen molar-refractivity contribution in [3.63, 3.8) is 0 Å². The van der Waals surface area contributed by atoms with E-state index < -0.39 is 0 Å². The third kappa shape index (κ3) is 3.35. The Morgan fingerprint density at radius 2 is 1.85 bits per heavy atom. The minimum absolute atomic E-state index is 0.267. The number of hydrazone groups is 1. The van der Waals surface area contributed by atoms with E-state index in [1.165, 1.54) is 21.8 Å². The van der Waals surface area contributed by atoms with Gasteiger partial charge in [-0.1, -0.05) is 0 Å². The molecule has 2 aromatic rings. The Morgan fingerprint density at radius 3 is 2.54 bits per heavy atom. The van der Waals surface area contributed by atoms with Gasteiger partial charge in [0.15, 0.2) is 0 Å². The monoisotopic (exact) mass is 368 g/mol. The fourth-order valence-electron chi connectivity index (χ4n) is 3.23. The van der Waals surface area contributed by atoms with E-state index in [0.717, 1.165) is 43.6 Å². The molecule has 1 aliphatic heterocycles. The van der Waals surface area contributed by atoms with Crippen LogP contribution in [0.1, 0.15) is 50.2 Å². The van der Waals surface area contributed by atoms with Crippen LogP contribution in [0.4, 0.5) is 5.69 Å². The molecule has 1 aromatic heterocycles. The average molecular weight is 368 g/mol. The van der Waals surface area contributed by atoms with Gasteiger partial charge in [0.25, 0.3) is 11.8 Å². The summed E-state index contributed by atoms with van der Waals surface area (Å²) in [5.41, 5.74) is 8.80. The van der Waals surface area contributed by atoms with Crippen molar-refractivity contribution >= 4 is 34.6 Å². The second-order valence-electron chi connectivity index (χ2n) is 6.58. The number of thiophene rings is 1. The first-order chi connectivity index (χ1) is 12.6. The fourth-order valence-corrected chi connectivity index (χ4v) is 4.38. The number of aryl methyl sites for hydroxylation is 2. The van der Waals surface area contributed by atoms with Crippen LogP contribution < -0.4 is 15.9 Å². The number of nitrogens with one attached hydrogen (secondary N) is 2. The summed E-state index contributed by atoms with van der Waals surface area (Å²) in [5.74, 6) is -0.605. The highest BCUT2D eigenvalue weighted by Gasteiger charge is 2.19. The van der Waals surface area contributed by atoms with Crippen LogP contribution in [-0.2, 0) is 12.8 Å². The van der Waals surface area contributed by atoms with Gasteiger partial charge in [-0.25, -0.2) is 0 Å². The topological polar surface area (TPSA) is 73.8 Å². The number of hydrogen-bond donors (Lipinski definition) is 2. The number of anilines is 1. The number of nitrogens with zero attached hydrogens (tertiary/aromatic N) is 2. The Labute approximate surface area is 155 Å². The van der Waals surface area contributed by atoms with Crippen LogP contribution in [0, 0.1) is 0 Å². The molecule has 0 atom stereocenters. The Balaban J connectivity index is 1.35. The van der Waals surface area contributed by atoms with Gasteiger partial charge < -0.3 is 0 Å². The summed E-state index contributed by atoms with van der Waals surface area (Å²) in [6, 6.07) is 9.13. The zero-order valence-corrected chi connectivity index (χ0v) is 15.4. The first-order valence-corrected chi connectivity index (χ1v) is 9.56. The Bertz CT molecular complexity index is 864. The summed E-state index contributed by atoms with van der Waals surface area (Å²) in [6.07, 6.45) is 4.21. The number of rotatable bonds is 3. The van der Waals surface area contributed by atoms with E-state index in [2.05, 4.69) is 16.0 Å². The molecular formula is C19H20N4O2S. The lowest BCUT2D eigenvalue weighted by Gasteiger charge is -2.14. The fraction of sp³-hybridized carbons (Fsp3) is 0.316. The van der Waals surface area contributed by atoms with E-state index in [1.807, 2.05) is 30.1 Å². The van der Waals surface area contributed by atoms with Crippen LogP contribution in [0.3, 0.4) is 0 Å². The molecule has 0 saturated carbocycles. The van der Waals surface area contributed by atoms with E-state index in [-0.39, 0.29) is 11.8 Å². The summed E-state index contributed by atoms with van der Waals surface area (Å²) in [5, 5.41) is 6.37. The van der Waals surface area contributed by atoms with Crippen molar-refractivity contribution in [2.75, 3.05) is 11.6 Å². The number of carbonyl (C=O) groups excluding carboxylic acids is 2. The summed E-state index contributed by atoms with van der Waals surface area (Å²) in [6.45, 7) is 2.87. The number of fused-ring (bicyclic) bond motifs is 1. The molecule has 0 spiro atoms. The Hall–Kier alpha value is -2.67. The first-order valence-electron chi connectivity index (χ1n) is 8.74. The SMILES string of the molecule is CC1=NN(c2ccc(C(=O)NNC(=O)c3cc4c(s3)CCC4)cc2)CC1. The smallest absolute Gasteiger partial charge is 0.267 e. The van der Waals surface area contributed by atoms with Gasteiger partial charge in [-0.2, -0.15) is 5.10 Å². The Kier molecular flexibility index (Phi) is 4.46. The number of hydrogen-bond acceptors (Lipinski definition) is 5. The lowest BCUT2D eigenvalue weighted by atomic mass is 10.2. The number of hydrazine groups is 1. The molecule has 4 rings (SSSR count). The molecular weight excluding hydrogens is 348 g/mol. The quantitative estimate of drug-likeness (QED) is 0.818. The third-order valence-electron chi connectivity index (χ3n) is 4.66. The van der Waals surface area contributed by atoms with E-state index >= 15 is 0 Å². The minimum atomic E-state index is -0.338. The van der Waals surface area contributed by atoms with Crippen molar-refractivity contribution in [2.45, 2.75) is 32.6 Å². The van der Waals surface area contributed by atoms with Crippen LogP contribution in [0.5, 0.6) is 0 Å².